The minimum absolute atomic E-state index is 0.0323. The Labute approximate surface area is 88.0 Å². The van der Waals surface area contributed by atoms with Gasteiger partial charge in [-0.3, -0.25) is 0 Å². The normalized spacial score (nSPS) is 10.4. The van der Waals surface area contributed by atoms with Gasteiger partial charge in [0.1, 0.15) is 0 Å². The molecule has 0 atom stereocenters. The van der Waals surface area contributed by atoms with Crippen LogP contribution in [-0.2, 0) is 0 Å². The Morgan fingerprint density at radius 3 is 2.67 bits per heavy atom. The molecular weight excluding hydrogens is 200 g/mol. The van der Waals surface area contributed by atoms with E-state index in [4.69, 9.17) is 10.5 Å². The van der Waals surface area contributed by atoms with E-state index in [2.05, 4.69) is 0 Å². The van der Waals surface area contributed by atoms with Gasteiger partial charge in [-0.1, -0.05) is 13.3 Å². The summed E-state index contributed by atoms with van der Waals surface area (Å²) in [4.78, 5) is 0. The molecule has 0 aliphatic rings. The molecule has 0 heterocycles. The van der Waals surface area contributed by atoms with Crippen LogP contribution in [0.15, 0.2) is 6.07 Å². The molecule has 0 spiro atoms. The zero-order chi connectivity index (χ0) is 11.4. The van der Waals surface area contributed by atoms with E-state index in [1.807, 2.05) is 6.92 Å². The molecular formula is C11H15F2NO. The number of nitrogens with two attached hydrogens (primary N) is 1. The lowest BCUT2D eigenvalue weighted by molar-refractivity contribution is 0.290. The summed E-state index contributed by atoms with van der Waals surface area (Å²) in [5, 5.41) is 0. The number of unbranched alkanes of at least 4 members (excludes halogenated alkanes) is 1. The van der Waals surface area contributed by atoms with Crippen LogP contribution in [0, 0.1) is 18.6 Å². The maximum atomic E-state index is 13.3. The van der Waals surface area contributed by atoms with Crippen LogP contribution in [0.4, 0.5) is 14.5 Å². The van der Waals surface area contributed by atoms with Crippen molar-refractivity contribution in [3.8, 4) is 5.75 Å². The second-order valence-electron chi connectivity index (χ2n) is 3.42. The summed E-state index contributed by atoms with van der Waals surface area (Å²) in [6.45, 7) is 3.84. The second kappa shape index (κ2) is 4.96. The number of halogens is 2. The molecule has 2 nitrogen and oxygen atoms in total. The molecule has 0 aromatic heterocycles. The molecule has 0 bridgehead atoms. The molecule has 4 heteroatoms. The Balaban J connectivity index is 2.92. The van der Waals surface area contributed by atoms with Crippen molar-refractivity contribution in [2.24, 2.45) is 0 Å². The minimum atomic E-state index is -0.609. The fraction of sp³-hybridized carbons (Fsp3) is 0.455. The van der Waals surface area contributed by atoms with Crippen LogP contribution in [0.5, 0.6) is 5.75 Å². The van der Waals surface area contributed by atoms with Gasteiger partial charge in [0.2, 0.25) is 0 Å². The van der Waals surface area contributed by atoms with Crippen molar-refractivity contribution in [1.29, 1.82) is 0 Å². The molecule has 0 aliphatic carbocycles. The van der Waals surface area contributed by atoms with Gasteiger partial charge in [0, 0.05) is 11.6 Å². The molecule has 0 radical (unpaired) electrons. The van der Waals surface area contributed by atoms with Gasteiger partial charge < -0.3 is 10.5 Å². The zero-order valence-electron chi connectivity index (χ0n) is 8.94. The van der Waals surface area contributed by atoms with Gasteiger partial charge in [-0.05, 0) is 13.3 Å². The summed E-state index contributed by atoms with van der Waals surface area (Å²) in [6, 6.07) is 0.948. The van der Waals surface area contributed by atoms with Crippen LogP contribution in [0.3, 0.4) is 0 Å². The van der Waals surface area contributed by atoms with Crippen molar-refractivity contribution in [3.05, 3.63) is 23.3 Å². The quantitative estimate of drug-likeness (QED) is 0.619. The maximum absolute atomic E-state index is 13.3. The Bertz CT molecular complexity index is 353. The first kappa shape index (κ1) is 11.8. The third kappa shape index (κ3) is 2.58. The van der Waals surface area contributed by atoms with E-state index >= 15 is 0 Å². The standard InChI is InChI=1S/C11H15F2NO/c1-3-4-5-15-11-7(2)10(13)9(14)6-8(11)12/h6H,3-5,14H2,1-2H3. The number of rotatable bonds is 4. The van der Waals surface area contributed by atoms with Crippen molar-refractivity contribution in [3.63, 3.8) is 0 Å². The molecule has 0 amide bonds. The van der Waals surface area contributed by atoms with E-state index in [9.17, 15) is 8.78 Å². The molecule has 2 N–H and O–H groups in total. The number of anilines is 1. The van der Waals surface area contributed by atoms with E-state index in [0.717, 1.165) is 18.9 Å². The highest BCUT2D eigenvalue weighted by Gasteiger charge is 2.14. The van der Waals surface area contributed by atoms with Crippen molar-refractivity contribution in [1.82, 2.24) is 0 Å². The summed E-state index contributed by atoms with van der Waals surface area (Å²) in [5.74, 6) is -1.25. The molecule has 84 valence electrons. The largest absolute Gasteiger partial charge is 0.490 e. The fourth-order valence-electron chi connectivity index (χ4n) is 1.26. The molecule has 0 unspecified atom stereocenters. The number of benzene rings is 1. The lowest BCUT2D eigenvalue weighted by Gasteiger charge is -2.11. The number of hydrogen-bond acceptors (Lipinski definition) is 2. The van der Waals surface area contributed by atoms with Gasteiger partial charge in [0.15, 0.2) is 17.4 Å². The molecule has 1 rings (SSSR count). The first-order valence-corrected chi connectivity index (χ1v) is 4.94. The van der Waals surface area contributed by atoms with E-state index in [0.29, 0.717) is 6.61 Å². The van der Waals surface area contributed by atoms with Crippen molar-refractivity contribution >= 4 is 5.69 Å². The van der Waals surface area contributed by atoms with Crippen LogP contribution < -0.4 is 10.5 Å². The smallest absolute Gasteiger partial charge is 0.167 e. The monoisotopic (exact) mass is 215 g/mol. The van der Waals surface area contributed by atoms with Gasteiger partial charge in [0.05, 0.1) is 12.3 Å². The third-order valence-electron chi connectivity index (χ3n) is 2.17. The SMILES string of the molecule is CCCCOc1c(F)cc(N)c(F)c1C. The summed E-state index contributed by atoms with van der Waals surface area (Å²) in [6.07, 6.45) is 1.75. The van der Waals surface area contributed by atoms with Crippen molar-refractivity contribution < 1.29 is 13.5 Å². The number of ether oxygens (including phenoxy) is 1. The average Bonchev–Trinajstić information content (AvgIpc) is 2.20. The topological polar surface area (TPSA) is 35.2 Å². The van der Waals surface area contributed by atoms with Crippen LogP contribution in [0.25, 0.3) is 0 Å². The lowest BCUT2D eigenvalue weighted by Crippen LogP contribution is -2.04. The van der Waals surface area contributed by atoms with E-state index in [1.54, 1.807) is 0 Å². The molecule has 0 aliphatic heterocycles. The third-order valence-corrected chi connectivity index (χ3v) is 2.17. The molecule has 1 aromatic rings. The number of hydrogen-bond donors (Lipinski definition) is 1. The van der Waals surface area contributed by atoms with Gasteiger partial charge in [-0.15, -0.1) is 0 Å². The molecule has 0 saturated carbocycles. The van der Waals surface area contributed by atoms with Gasteiger partial charge in [0.25, 0.3) is 0 Å². The molecule has 15 heavy (non-hydrogen) atoms. The zero-order valence-corrected chi connectivity index (χ0v) is 8.94. The van der Waals surface area contributed by atoms with Crippen LogP contribution >= 0.6 is 0 Å². The molecule has 0 fully saturated rings. The predicted molar refractivity (Wildman–Crippen MR) is 55.9 cm³/mol. The van der Waals surface area contributed by atoms with Gasteiger partial charge >= 0.3 is 0 Å². The maximum Gasteiger partial charge on any atom is 0.167 e. The second-order valence-corrected chi connectivity index (χ2v) is 3.42. The summed E-state index contributed by atoms with van der Waals surface area (Å²) < 4.78 is 31.8. The highest BCUT2D eigenvalue weighted by atomic mass is 19.1. The van der Waals surface area contributed by atoms with Crippen molar-refractivity contribution in [2.45, 2.75) is 26.7 Å². The first-order valence-electron chi connectivity index (χ1n) is 4.94. The highest BCUT2D eigenvalue weighted by Crippen LogP contribution is 2.28. The fourth-order valence-corrected chi connectivity index (χ4v) is 1.26. The Kier molecular flexibility index (Phi) is 3.88. The van der Waals surface area contributed by atoms with Gasteiger partial charge in [-0.2, -0.15) is 0 Å². The molecule has 0 saturated heterocycles. The highest BCUT2D eigenvalue weighted by molar-refractivity contribution is 5.50. The number of nitrogen functional groups attached to an aromatic ring is 1. The van der Waals surface area contributed by atoms with Crippen LogP contribution in [0.1, 0.15) is 25.3 Å². The molecule has 1 aromatic carbocycles. The first-order chi connectivity index (χ1) is 7.07. The van der Waals surface area contributed by atoms with Crippen LogP contribution in [-0.4, -0.2) is 6.61 Å². The van der Waals surface area contributed by atoms with Crippen LogP contribution in [0.2, 0.25) is 0 Å². The van der Waals surface area contributed by atoms with E-state index < -0.39 is 11.6 Å². The predicted octanol–water partition coefficient (Wildman–Crippen LogP) is 3.03. The van der Waals surface area contributed by atoms with Gasteiger partial charge in [-0.25, -0.2) is 8.78 Å². The van der Waals surface area contributed by atoms with E-state index in [-0.39, 0.29) is 17.0 Å². The Morgan fingerprint density at radius 1 is 1.40 bits per heavy atom. The minimum Gasteiger partial charge on any atom is -0.490 e. The van der Waals surface area contributed by atoms with Crippen molar-refractivity contribution in [2.75, 3.05) is 12.3 Å². The Hall–Kier alpha value is -1.32. The average molecular weight is 215 g/mol. The summed E-state index contributed by atoms with van der Waals surface area (Å²) in [7, 11) is 0. The van der Waals surface area contributed by atoms with E-state index in [1.165, 1.54) is 6.92 Å². The Morgan fingerprint density at radius 2 is 2.07 bits per heavy atom. The lowest BCUT2D eigenvalue weighted by atomic mass is 10.1. The summed E-state index contributed by atoms with van der Waals surface area (Å²) in [5.41, 5.74) is 5.22. The summed E-state index contributed by atoms with van der Waals surface area (Å²) >= 11 is 0.